The monoisotopic (exact) mass is 275 g/mol. The van der Waals surface area contributed by atoms with Crippen molar-refractivity contribution in [2.45, 2.75) is 46.3 Å². The van der Waals surface area contributed by atoms with Crippen LogP contribution in [0, 0.1) is 12.7 Å². The lowest BCUT2D eigenvalue weighted by atomic mass is 10.1. The second-order valence-electron chi connectivity index (χ2n) is 5.15. The first-order valence-electron chi connectivity index (χ1n) is 7.11. The van der Waals surface area contributed by atoms with Crippen LogP contribution in [0.4, 0.5) is 4.39 Å². The SMILES string of the molecule is CCCn1ccnc1CNC(C)c1ccc(C)c(F)c1. The van der Waals surface area contributed by atoms with E-state index >= 15 is 0 Å². The smallest absolute Gasteiger partial charge is 0.126 e. The molecule has 4 heteroatoms. The molecule has 1 unspecified atom stereocenters. The molecule has 2 rings (SSSR count). The van der Waals surface area contributed by atoms with Crippen LogP contribution in [0.3, 0.4) is 0 Å². The zero-order chi connectivity index (χ0) is 14.5. The van der Waals surface area contributed by atoms with E-state index in [0.717, 1.165) is 24.4 Å². The zero-order valence-electron chi connectivity index (χ0n) is 12.4. The highest BCUT2D eigenvalue weighted by Crippen LogP contribution is 2.16. The second kappa shape index (κ2) is 6.66. The molecule has 1 atom stereocenters. The minimum Gasteiger partial charge on any atom is -0.334 e. The molecular formula is C16H22FN3. The molecule has 20 heavy (non-hydrogen) atoms. The number of rotatable bonds is 6. The van der Waals surface area contributed by atoms with Crippen molar-refractivity contribution < 1.29 is 4.39 Å². The number of aryl methyl sites for hydroxylation is 2. The lowest BCUT2D eigenvalue weighted by Gasteiger charge is -2.15. The maximum atomic E-state index is 13.6. The normalized spacial score (nSPS) is 12.6. The highest BCUT2D eigenvalue weighted by molar-refractivity contribution is 5.25. The molecule has 1 aromatic heterocycles. The molecule has 1 N–H and O–H groups in total. The first-order chi connectivity index (χ1) is 9.61. The van der Waals surface area contributed by atoms with Crippen LogP contribution in [0.5, 0.6) is 0 Å². The number of hydrogen-bond donors (Lipinski definition) is 1. The summed E-state index contributed by atoms with van der Waals surface area (Å²) >= 11 is 0. The van der Waals surface area contributed by atoms with Crippen molar-refractivity contribution in [1.29, 1.82) is 0 Å². The second-order valence-corrected chi connectivity index (χ2v) is 5.15. The summed E-state index contributed by atoms with van der Waals surface area (Å²) in [6.07, 6.45) is 4.90. The summed E-state index contributed by atoms with van der Waals surface area (Å²) in [5.41, 5.74) is 1.64. The zero-order valence-corrected chi connectivity index (χ0v) is 12.4. The molecule has 0 bridgehead atoms. The van der Waals surface area contributed by atoms with Gasteiger partial charge >= 0.3 is 0 Å². The van der Waals surface area contributed by atoms with Gasteiger partial charge in [-0.2, -0.15) is 0 Å². The molecule has 0 amide bonds. The van der Waals surface area contributed by atoms with Crippen molar-refractivity contribution in [2.24, 2.45) is 0 Å². The quantitative estimate of drug-likeness (QED) is 0.873. The summed E-state index contributed by atoms with van der Waals surface area (Å²) in [5.74, 6) is 0.870. The van der Waals surface area contributed by atoms with E-state index in [0.29, 0.717) is 12.1 Å². The van der Waals surface area contributed by atoms with Gasteiger partial charge in [0.1, 0.15) is 11.6 Å². The Morgan fingerprint density at radius 3 is 2.90 bits per heavy atom. The Labute approximate surface area is 119 Å². The molecule has 1 aromatic carbocycles. The van der Waals surface area contributed by atoms with Crippen molar-refractivity contribution in [2.75, 3.05) is 0 Å². The molecule has 2 aromatic rings. The van der Waals surface area contributed by atoms with Gasteiger partial charge in [-0.25, -0.2) is 9.37 Å². The Balaban J connectivity index is 1.99. The van der Waals surface area contributed by atoms with Crippen LogP contribution in [0.2, 0.25) is 0 Å². The van der Waals surface area contributed by atoms with E-state index in [2.05, 4.69) is 21.8 Å². The Morgan fingerprint density at radius 2 is 2.20 bits per heavy atom. The van der Waals surface area contributed by atoms with Gasteiger partial charge in [-0.3, -0.25) is 0 Å². The van der Waals surface area contributed by atoms with Crippen LogP contribution >= 0.6 is 0 Å². The van der Waals surface area contributed by atoms with Crippen molar-refractivity contribution in [3.63, 3.8) is 0 Å². The first kappa shape index (κ1) is 14.7. The minimum absolute atomic E-state index is 0.0943. The van der Waals surface area contributed by atoms with Crippen LogP contribution in [0.15, 0.2) is 30.6 Å². The maximum absolute atomic E-state index is 13.6. The minimum atomic E-state index is -0.149. The van der Waals surface area contributed by atoms with Crippen molar-refractivity contribution >= 4 is 0 Å². The van der Waals surface area contributed by atoms with E-state index in [-0.39, 0.29) is 11.9 Å². The number of nitrogens with zero attached hydrogens (tertiary/aromatic N) is 2. The molecule has 0 spiro atoms. The molecule has 3 nitrogen and oxygen atoms in total. The van der Waals surface area contributed by atoms with Gasteiger partial charge in [0.2, 0.25) is 0 Å². The highest BCUT2D eigenvalue weighted by atomic mass is 19.1. The third-order valence-corrected chi connectivity index (χ3v) is 3.53. The van der Waals surface area contributed by atoms with Gasteiger partial charge in [-0.05, 0) is 37.5 Å². The number of nitrogens with one attached hydrogen (secondary N) is 1. The third-order valence-electron chi connectivity index (χ3n) is 3.53. The molecular weight excluding hydrogens is 253 g/mol. The predicted molar refractivity (Wildman–Crippen MR) is 78.9 cm³/mol. The van der Waals surface area contributed by atoms with E-state index in [1.54, 1.807) is 13.0 Å². The van der Waals surface area contributed by atoms with Gasteiger partial charge in [0.05, 0.1) is 6.54 Å². The Kier molecular flexibility index (Phi) is 4.90. The molecule has 0 saturated heterocycles. The fourth-order valence-corrected chi connectivity index (χ4v) is 2.19. The molecule has 1 heterocycles. The average molecular weight is 275 g/mol. The fourth-order valence-electron chi connectivity index (χ4n) is 2.19. The standard InChI is InChI=1S/C16H22FN3/c1-4-8-20-9-7-18-16(20)11-19-13(3)14-6-5-12(2)15(17)10-14/h5-7,9-10,13,19H,4,8,11H2,1-3H3. The fraction of sp³-hybridized carbons (Fsp3) is 0.438. The summed E-state index contributed by atoms with van der Waals surface area (Å²) < 4.78 is 15.7. The van der Waals surface area contributed by atoms with Crippen LogP contribution < -0.4 is 5.32 Å². The number of imidazole rings is 1. The van der Waals surface area contributed by atoms with E-state index < -0.39 is 0 Å². The summed E-state index contributed by atoms with van der Waals surface area (Å²) in [5, 5.41) is 3.40. The molecule has 0 saturated carbocycles. The van der Waals surface area contributed by atoms with Gasteiger partial charge in [-0.1, -0.05) is 19.1 Å². The predicted octanol–water partition coefficient (Wildman–Crippen LogP) is 3.59. The van der Waals surface area contributed by atoms with E-state index in [1.807, 2.05) is 31.5 Å². The van der Waals surface area contributed by atoms with Crippen LogP contribution in [-0.2, 0) is 13.1 Å². The summed E-state index contributed by atoms with van der Waals surface area (Å²) in [4.78, 5) is 4.36. The van der Waals surface area contributed by atoms with E-state index in [9.17, 15) is 4.39 Å². The molecule has 0 aliphatic heterocycles. The van der Waals surface area contributed by atoms with Crippen molar-refractivity contribution in [3.05, 3.63) is 53.4 Å². The summed E-state index contributed by atoms with van der Waals surface area (Å²) in [6.45, 7) is 7.62. The maximum Gasteiger partial charge on any atom is 0.126 e. The van der Waals surface area contributed by atoms with E-state index in [4.69, 9.17) is 0 Å². The summed E-state index contributed by atoms with van der Waals surface area (Å²) in [7, 11) is 0. The van der Waals surface area contributed by atoms with Crippen molar-refractivity contribution in [1.82, 2.24) is 14.9 Å². The number of hydrogen-bond acceptors (Lipinski definition) is 2. The van der Waals surface area contributed by atoms with Crippen LogP contribution in [0.1, 0.15) is 43.3 Å². The molecule has 108 valence electrons. The highest BCUT2D eigenvalue weighted by Gasteiger charge is 2.09. The topological polar surface area (TPSA) is 29.9 Å². The van der Waals surface area contributed by atoms with E-state index in [1.165, 1.54) is 0 Å². The van der Waals surface area contributed by atoms with Gasteiger partial charge in [-0.15, -0.1) is 0 Å². The number of aromatic nitrogens is 2. The van der Waals surface area contributed by atoms with Crippen molar-refractivity contribution in [3.8, 4) is 0 Å². The first-order valence-corrected chi connectivity index (χ1v) is 7.11. The lowest BCUT2D eigenvalue weighted by Crippen LogP contribution is -2.21. The average Bonchev–Trinajstić information content (AvgIpc) is 2.87. The lowest BCUT2D eigenvalue weighted by molar-refractivity contribution is 0.527. The summed E-state index contributed by atoms with van der Waals surface area (Å²) in [6, 6.07) is 5.48. The Hall–Kier alpha value is -1.68. The van der Waals surface area contributed by atoms with Gasteiger partial charge in [0, 0.05) is 25.0 Å². The van der Waals surface area contributed by atoms with Crippen LogP contribution in [0.25, 0.3) is 0 Å². The number of benzene rings is 1. The molecule has 0 aliphatic rings. The van der Waals surface area contributed by atoms with Gasteiger partial charge < -0.3 is 9.88 Å². The number of halogens is 1. The Bertz CT molecular complexity index is 563. The third kappa shape index (κ3) is 3.45. The van der Waals surface area contributed by atoms with Crippen LogP contribution in [-0.4, -0.2) is 9.55 Å². The largest absolute Gasteiger partial charge is 0.334 e. The molecule has 0 radical (unpaired) electrons. The Morgan fingerprint density at radius 1 is 1.40 bits per heavy atom. The van der Waals surface area contributed by atoms with Gasteiger partial charge in [0.25, 0.3) is 0 Å². The molecule has 0 aliphatic carbocycles. The van der Waals surface area contributed by atoms with Gasteiger partial charge in [0.15, 0.2) is 0 Å². The molecule has 0 fully saturated rings.